The predicted molar refractivity (Wildman–Crippen MR) is 122 cm³/mol. The Morgan fingerprint density at radius 2 is 1.81 bits per heavy atom. The summed E-state index contributed by atoms with van der Waals surface area (Å²) in [7, 11) is -3.53. The molecule has 1 aliphatic rings. The van der Waals surface area contributed by atoms with Crippen LogP contribution in [0.4, 0.5) is 11.4 Å². The molecular weight excluding hydrogens is 442 g/mol. The normalized spacial score (nSPS) is 15.0. The molecule has 0 aromatic heterocycles. The Morgan fingerprint density at radius 1 is 1.13 bits per heavy atom. The Labute approximate surface area is 187 Å². The van der Waals surface area contributed by atoms with Crippen LogP contribution < -0.4 is 14.4 Å². The topological polar surface area (TPSA) is 99.2 Å². The second-order valence-corrected chi connectivity index (χ2v) is 9.62. The summed E-state index contributed by atoms with van der Waals surface area (Å²) in [4.78, 5) is 15.7. The number of rotatable bonds is 9. The largest absolute Gasteiger partial charge is 0.492 e. The Balaban J connectivity index is 1.60. The second kappa shape index (κ2) is 10.2. The van der Waals surface area contributed by atoms with Gasteiger partial charge in [0, 0.05) is 37.7 Å². The molecule has 2 aromatic rings. The molecule has 1 fully saturated rings. The number of carbonyl (C=O) groups is 1. The first kappa shape index (κ1) is 23.2. The Kier molecular flexibility index (Phi) is 7.64. The van der Waals surface area contributed by atoms with E-state index in [9.17, 15) is 18.3 Å². The maximum Gasteiger partial charge on any atom is 0.335 e. The number of carboxylic acid groups (broad SMARTS) is 1. The van der Waals surface area contributed by atoms with Crippen LogP contribution in [0.1, 0.15) is 17.3 Å². The third-order valence-electron chi connectivity index (χ3n) is 5.09. The monoisotopic (exact) mass is 467 g/mol. The van der Waals surface area contributed by atoms with E-state index in [-0.39, 0.29) is 11.3 Å². The second-order valence-electron chi connectivity index (χ2n) is 7.17. The predicted octanol–water partition coefficient (Wildman–Crippen LogP) is 3.00. The van der Waals surface area contributed by atoms with Crippen molar-refractivity contribution in [3.05, 3.63) is 53.1 Å². The van der Waals surface area contributed by atoms with Crippen LogP contribution in [-0.2, 0) is 10.0 Å². The van der Waals surface area contributed by atoms with Gasteiger partial charge in [0.2, 0.25) is 10.0 Å². The van der Waals surface area contributed by atoms with Gasteiger partial charge in [0.1, 0.15) is 12.4 Å². The van der Waals surface area contributed by atoms with Gasteiger partial charge in [-0.05, 0) is 49.4 Å². The third kappa shape index (κ3) is 6.49. The van der Waals surface area contributed by atoms with Gasteiger partial charge in [-0.1, -0.05) is 11.6 Å². The van der Waals surface area contributed by atoms with Crippen molar-refractivity contribution in [3.8, 4) is 5.75 Å². The highest BCUT2D eigenvalue weighted by Gasteiger charge is 2.22. The molecule has 1 aliphatic heterocycles. The zero-order valence-electron chi connectivity index (χ0n) is 17.3. The van der Waals surface area contributed by atoms with Gasteiger partial charge in [-0.2, -0.15) is 0 Å². The minimum atomic E-state index is -3.53. The Morgan fingerprint density at radius 3 is 2.42 bits per heavy atom. The summed E-state index contributed by atoms with van der Waals surface area (Å²) in [6, 6.07) is 11.8. The summed E-state index contributed by atoms with van der Waals surface area (Å²) in [5, 5.41) is 9.93. The molecule has 0 unspecified atom stereocenters. The number of hydrogen-bond acceptors (Lipinski definition) is 6. The van der Waals surface area contributed by atoms with E-state index < -0.39 is 16.0 Å². The van der Waals surface area contributed by atoms with Gasteiger partial charge < -0.3 is 14.7 Å². The number of nitrogens with one attached hydrogen (secondary N) is 1. The van der Waals surface area contributed by atoms with Crippen molar-refractivity contribution in [1.29, 1.82) is 0 Å². The van der Waals surface area contributed by atoms with Crippen LogP contribution in [0.5, 0.6) is 5.75 Å². The van der Waals surface area contributed by atoms with Crippen molar-refractivity contribution < 1.29 is 23.1 Å². The molecule has 0 saturated carbocycles. The Hall–Kier alpha value is -2.49. The number of nitrogens with zero attached hydrogens (tertiary/aromatic N) is 2. The van der Waals surface area contributed by atoms with Gasteiger partial charge >= 0.3 is 5.97 Å². The van der Waals surface area contributed by atoms with Crippen molar-refractivity contribution in [3.63, 3.8) is 0 Å². The van der Waals surface area contributed by atoms with Crippen LogP contribution in [-0.4, -0.2) is 69.5 Å². The van der Waals surface area contributed by atoms with Gasteiger partial charge in [0.05, 0.1) is 22.7 Å². The fourth-order valence-electron chi connectivity index (χ4n) is 3.30. The minimum absolute atomic E-state index is 0.0375. The molecule has 0 aliphatic carbocycles. The number of piperazine rings is 1. The van der Waals surface area contributed by atoms with Crippen LogP contribution in [0.3, 0.4) is 0 Å². The van der Waals surface area contributed by atoms with Crippen molar-refractivity contribution in [2.24, 2.45) is 0 Å². The third-order valence-corrected chi connectivity index (χ3v) is 6.63. The molecule has 1 heterocycles. The van der Waals surface area contributed by atoms with E-state index in [1.165, 1.54) is 19.1 Å². The summed E-state index contributed by atoms with van der Waals surface area (Å²) in [6.07, 6.45) is 0. The highest BCUT2D eigenvalue weighted by atomic mass is 35.5. The van der Waals surface area contributed by atoms with Crippen LogP contribution in [0.25, 0.3) is 0 Å². The van der Waals surface area contributed by atoms with E-state index >= 15 is 0 Å². The van der Waals surface area contributed by atoms with Gasteiger partial charge in [-0.25, -0.2) is 13.2 Å². The number of benzene rings is 2. The first-order valence-corrected chi connectivity index (χ1v) is 12.0. The lowest BCUT2D eigenvalue weighted by Gasteiger charge is -2.37. The van der Waals surface area contributed by atoms with E-state index in [0.29, 0.717) is 36.1 Å². The fourth-order valence-corrected chi connectivity index (χ4v) is 4.07. The van der Waals surface area contributed by atoms with E-state index in [0.717, 1.165) is 25.4 Å². The highest BCUT2D eigenvalue weighted by Crippen LogP contribution is 2.29. The van der Waals surface area contributed by atoms with Gasteiger partial charge in [-0.3, -0.25) is 9.62 Å². The molecule has 0 amide bonds. The number of anilines is 2. The molecule has 0 spiro atoms. The van der Waals surface area contributed by atoms with Crippen LogP contribution >= 0.6 is 11.6 Å². The molecule has 2 aromatic carbocycles. The lowest BCUT2D eigenvalue weighted by atomic mass is 10.1. The summed E-state index contributed by atoms with van der Waals surface area (Å²) in [5.74, 6) is -0.422. The average molecular weight is 468 g/mol. The molecule has 0 atom stereocenters. The lowest BCUT2D eigenvalue weighted by molar-refractivity contribution is 0.0697. The molecular formula is C21H26ClN3O5S. The standard InChI is InChI=1S/C21H26ClN3O5S/c1-2-31(28,29)23-19-15-16(21(26)27)3-8-20(19)25-11-9-24(10-12-25)13-14-30-18-6-4-17(22)5-7-18/h3-8,15,23H,2,9-14H2,1H3,(H,26,27). The molecule has 3 rings (SSSR count). The number of ether oxygens (including phenoxy) is 1. The minimum Gasteiger partial charge on any atom is -0.492 e. The quantitative estimate of drug-likeness (QED) is 0.584. The molecule has 31 heavy (non-hydrogen) atoms. The van der Waals surface area contributed by atoms with Gasteiger partial charge in [0.15, 0.2) is 0 Å². The van der Waals surface area contributed by atoms with Crippen molar-refractivity contribution >= 4 is 39.0 Å². The zero-order chi connectivity index (χ0) is 22.4. The summed E-state index contributed by atoms with van der Waals surface area (Å²) >= 11 is 5.88. The molecule has 0 bridgehead atoms. The van der Waals surface area contributed by atoms with E-state index in [1.54, 1.807) is 18.2 Å². The molecule has 1 saturated heterocycles. The van der Waals surface area contributed by atoms with Crippen LogP contribution in [0.2, 0.25) is 5.02 Å². The first-order chi connectivity index (χ1) is 14.8. The lowest BCUT2D eigenvalue weighted by Crippen LogP contribution is -2.47. The van der Waals surface area contributed by atoms with E-state index in [1.807, 2.05) is 12.1 Å². The van der Waals surface area contributed by atoms with Crippen molar-refractivity contribution in [2.45, 2.75) is 6.92 Å². The molecule has 10 heteroatoms. The molecule has 2 N–H and O–H groups in total. The highest BCUT2D eigenvalue weighted by molar-refractivity contribution is 7.92. The van der Waals surface area contributed by atoms with Crippen LogP contribution in [0, 0.1) is 0 Å². The zero-order valence-corrected chi connectivity index (χ0v) is 18.8. The maximum atomic E-state index is 12.1. The number of hydrogen-bond donors (Lipinski definition) is 2. The van der Waals surface area contributed by atoms with Gasteiger partial charge in [-0.15, -0.1) is 0 Å². The van der Waals surface area contributed by atoms with Crippen LogP contribution in [0.15, 0.2) is 42.5 Å². The molecule has 8 nitrogen and oxygen atoms in total. The number of halogens is 1. The number of carboxylic acids is 1. The van der Waals surface area contributed by atoms with Gasteiger partial charge in [0.25, 0.3) is 0 Å². The average Bonchev–Trinajstić information content (AvgIpc) is 2.75. The SMILES string of the molecule is CCS(=O)(=O)Nc1cc(C(=O)O)ccc1N1CCN(CCOc2ccc(Cl)cc2)CC1. The van der Waals surface area contributed by atoms with E-state index in [4.69, 9.17) is 16.3 Å². The maximum absolute atomic E-state index is 12.1. The first-order valence-electron chi connectivity index (χ1n) is 10.0. The smallest absolute Gasteiger partial charge is 0.335 e. The molecule has 168 valence electrons. The Bertz CT molecular complexity index is 1010. The summed E-state index contributed by atoms with van der Waals surface area (Å²) in [5.41, 5.74) is 1.01. The molecule has 0 radical (unpaired) electrons. The number of sulfonamides is 1. The number of aromatic carboxylic acids is 1. The summed E-state index contributed by atoms with van der Waals surface area (Å²) in [6.45, 7) is 5.80. The fraction of sp³-hybridized carbons (Fsp3) is 0.381. The van der Waals surface area contributed by atoms with Crippen molar-refractivity contribution in [2.75, 3.05) is 54.7 Å². The summed E-state index contributed by atoms with van der Waals surface area (Å²) < 4.78 is 32.4. The van der Waals surface area contributed by atoms with Crippen molar-refractivity contribution in [1.82, 2.24) is 4.90 Å². The van der Waals surface area contributed by atoms with E-state index in [2.05, 4.69) is 14.5 Å².